The molecule has 2 nitrogen and oxygen atoms in total. The van der Waals surface area contributed by atoms with Crippen LogP contribution in [0.4, 0.5) is 0 Å². The maximum absolute atomic E-state index is 12.2. The molecule has 0 bridgehead atoms. The summed E-state index contributed by atoms with van der Waals surface area (Å²) in [5.74, 6) is 0.194. The highest BCUT2D eigenvalue weighted by atomic mass is 79.9. The van der Waals surface area contributed by atoms with Gasteiger partial charge < -0.3 is 5.32 Å². The van der Waals surface area contributed by atoms with E-state index in [0.717, 1.165) is 28.0 Å². The molecule has 0 atom stereocenters. The largest absolute Gasteiger partial charge is 0.309 e. The molecule has 18 heavy (non-hydrogen) atoms. The number of hydrogen-bond donors (Lipinski definition) is 1. The number of rotatable bonds is 3. The summed E-state index contributed by atoms with van der Waals surface area (Å²) >= 11 is 5.03. The van der Waals surface area contributed by atoms with Crippen LogP contribution in [0.15, 0.2) is 34.1 Å². The highest BCUT2D eigenvalue weighted by Crippen LogP contribution is 2.22. The first kappa shape index (κ1) is 12.1. The number of Topliss-reactive ketones (excluding diaryl/α,β-unsaturated/α-hetero) is 1. The van der Waals surface area contributed by atoms with Crippen LogP contribution >= 0.6 is 27.3 Å². The van der Waals surface area contributed by atoms with Crippen LogP contribution in [-0.2, 0) is 19.5 Å². The summed E-state index contributed by atoms with van der Waals surface area (Å²) in [5.41, 5.74) is 3.39. The first-order chi connectivity index (χ1) is 8.72. The second-order valence-corrected chi connectivity index (χ2v) is 6.33. The fourth-order valence-corrected chi connectivity index (χ4v) is 3.62. The molecule has 0 spiro atoms. The van der Waals surface area contributed by atoms with Crippen LogP contribution in [0.2, 0.25) is 0 Å². The third-order valence-corrected chi connectivity index (χ3v) is 4.81. The maximum atomic E-state index is 12.2. The summed E-state index contributed by atoms with van der Waals surface area (Å²) in [7, 11) is 0. The predicted molar refractivity (Wildman–Crippen MR) is 77.0 cm³/mol. The Bertz CT molecular complexity index is 606. The van der Waals surface area contributed by atoms with E-state index in [4.69, 9.17) is 0 Å². The zero-order valence-corrected chi connectivity index (χ0v) is 12.1. The van der Waals surface area contributed by atoms with Crippen LogP contribution in [0.1, 0.15) is 26.4 Å². The fraction of sp³-hybridized carbons (Fsp3) is 0.214. The van der Waals surface area contributed by atoms with E-state index in [9.17, 15) is 4.79 Å². The van der Waals surface area contributed by atoms with E-state index in [1.54, 1.807) is 11.3 Å². The van der Waals surface area contributed by atoms with Crippen LogP contribution in [-0.4, -0.2) is 5.78 Å². The first-order valence-electron chi connectivity index (χ1n) is 5.81. The van der Waals surface area contributed by atoms with Crippen LogP contribution < -0.4 is 5.32 Å². The van der Waals surface area contributed by atoms with Crippen LogP contribution in [0.5, 0.6) is 0 Å². The van der Waals surface area contributed by atoms with Crippen LogP contribution in [0, 0.1) is 0 Å². The maximum Gasteiger partial charge on any atom is 0.168 e. The van der Waals surface area contributed by atoms with Gasteiger partial charge in [0, 0.05) is 39.8 Å². The number of carbonyl (C=O) groups excluding carboxylic acids is 1. The van der Waals surface area contributed by atoms with Gasteiger partial charge in [-0.25, -0.2) is 0 Å². The third-order valence-electron chi connectivity index (χ3n) is 3.12. The normalized spacial score (nSPS) is 13.6. The average Bonchev–Trinajstić information content (AvgIpc) is 2.96. The van der Waals surface area contributed by atoms with Gasteiger partial charge in [-0.05, 0) is 39.2 Å². The lowest BCUT2D eigenvalue weighted by Gasteiger charge is -2.02. The van der Waals surface area contributed by atoms with Gasteiger partial charge in [-0.1, -0.05) is 12.1 Å². The first-order valence-corrected chi connectivity index (χ1v) is 7.48. The van der Waals surface area contributed by atoms with E-state index < -0.39 is 0 Å². The quantitative estimate of drug-likeness (QED) is 0.876. The standard InChI is InChI=1S/C14H12BrNOS/c15-12-4-13(18-8-12)5-14(17)9-1-2-10-6-16-7-11(10)3-9/h1-4,8,16H,5-7H2. The molecule has 0 radical (unpaired) electrons. The lowest BCUT2D eigenvalue weighted by atomic mass is 10.0. The van der Waals surface area contributed by atoms with Gasteiger partial charge in [-0.15, -0.1) is 11.3 Å². The number of carbonyl (C=O) groups is 1. The number of thiophene rings is 1. The van der Waals surface area contributed by atoms with Crippen molar-refractivity contribution in [2.75, 3.05) is 0 Å². The van der Waals surface area contributed by atoms with Crippen molar-refractivity contribution in [1.82, 2.24) is 5.32 Å². The van der Waals surface area contributed by atoms with Crippen molar-refractivity contribution in [2.24, 2.45) is 0 Å². The number of hydrogen-bond acceptors (Lipinski definition) is 3. The molecule has 1 aromatic heterocycles. The van der Waals surface area contributed by atoms with Crippen molar-refractivity contribution in [2.45, 2.75) is 19.5 Å². The molecule has 0 saturated carbocycles. The van der Waals surface area contributed by atoms with Gasteiger partial charge in [0.15, 0.2) is 5.78 Å². The zero-order chi connectivity index (χ0) is 12.5. The molecule has 0 aliphatic carbocycles. The fourth-order valence-electron chi connectivity index (χ4n) is 2.18. The Kier molecular flexibility index (Phi) is 3.33. The molecule has 1 aromatic carbocycles. The Morgan fingerprint density at radius 2 is 2.11 bits per heavy atom. The van der Waals surface area contributed by atoms with Crippen molar-refractivity contribution in [3.8, 4) is 0 Å². The number of ketones is 1. The van der Waals surface area contributed by atoms with Gasteiger partial charge in [0.25, 0.3) is 0 Å². The van der Waals surface area contributed by atoms with Gasteiger partial charge in [-0.3, -0.25) is 4.79 Å². The summed E-state index contributed by atoms with van der Waals surface area (Å²) in [6, 6.07) is 8.04. The van der Waals surface area contributed by atoms with E-state index in [-0.39, 0.29) is 5.78 Å². The summed E-state index contributed by atoms with van der Waals surface area (Å²) in [4.78, 5) is 13.3. The highest BCUT2D eigenvalue weighted by Gasteiger charge is 2.14. The van der Waals surface area contributed by atoms with Crippen molar-refractivity contribution in [1.29, 1.82) is 0 Å². The second-order valence-electron chi connectivity index (χ2n) is 4.42. The third kappa shape index (κ3) is 2.41. The molecule has 2 aromatic rings. The molecule has 1 N–H and O–H groups in total. The molecule has 1 aliphatic rings. The Balaban J connectivity index is 1.80. The van der Waals surface area contributed by atoms with Gasteiger partial charge in [0.05, 0.1) is 0 Å². The van der Waals surface area contributed by atoms with E-state index in [0.29, 0.717) is 6.42 Å². The van der Waals surface area contributed by atoms with Crippen molar-refractivity contribution < 1.29 is 4.79 Å². The SMILES string of the molecule is O=C(Cc1cc(Br)cs1)c1ccc2c(c1)CNC2. The number of benzene rings is 1. The van der Waals surface area contributed by atoms with Crippen LogP contribution in [0.3, 0.4) is 0 Å². The minimum Gasteiger partial charge on any atom is -0.309 e. The van der Waals surface area contributed by atoms with Crippen molar-refractivity contribution >= 4 is 33.0 Å². The summed E-state index contributed by atoms with van der Waals surface area (Å²) < 4.78 is 1.05. The minimum atomic E-state index is 0.194. The van der Waals surface area contributed by atoms with Gasteiger partial charge >= 0.3 is 0 Å². The molecule has 0 saturated heterocycles. The minimum absolute atomic E-state index is 0.194. The van der Waals surface area contributed by atoms with Crippen LogP contribution in [0.25, 0.3) is 0 Å². The molecule has 4 heteroatoms. The van der Waals surface area contributed by atoms with E-state index in [1.165, 1.54) is 11.1 Å². The number of fused-ring (bicyclic) bond motifs is 1. The van der Waals surface area contributed by atoms with E-state index >= 15 is 0 Å². The molecular weight excluding hydrogens is 310 g/mol. The topological polar surface area (TPSA) is 29.1 Å². The monoisotopic (exact) mass is 321 g/mol. The lowest BCUT2D eigenvalue weighted by Crippen LogP contribution is -2.03. The van der Waals surface area contributed by atoms with Crippen molar-refractivity contribution in [3.63, 3.8) is 0 Å². The van der Waals surface area contributed by atoms with Gasteiger partial charge in [0.2, 0.25) is 0 Å². The molecule has 0 unspecified atom stereocenters. The smallest absolute Gasteiger partial charge is 0.168 e. The Labute approximate surface area is 118 Å². The highest BCUT2D eigenvalue weighted by molar-refractivity contribution is 9.10. The Morgan fingerprint density at radius 3 is 2.89 bits per heavy atom. The number of halogens is 1. The molecular formula is C14H12BrNOS. The van der Waals surface area contributed by atoms with Gasteiger partial charge in [-0.2, -0.15) is 0 Å². The molecule has 2 heterocycles. The molecule has 3 rings (SSSR count). The lowest BCUT2D eigenvalue weighted by molar-refractivity contribution is 0.0993. The molecule has 92 valence electrons. The second kappa shape index (κ2) is 4.96. The summed E-state index contributed by atoms with van der Waals surface area (Å²) in [5, 5.41) is 5.30. The summed E-state index contributed by atoms with van der Waals surface area (Å²) in [6.07, 6.45) is 0.489. The Hall–Kier alpha value is -0.970. The number of nitrogens with one attached hydrogen (secondary N) is 1. The van der Waals surface area contributed by atoms with E-state index in [1.807, 2.05) is 23.6 Å². The Morgan fingerprint density at radius 1 is 1.28 bits per heavy atom. The molecule has 0 amide bonds. The average molecular weight is 322 g/mol. The zero-order valence-electron chi connectivity index (χ0n) is 9.70. The molecule has 1 aliphatic heterocycles. The van der Waals surface area contributed by atoms with Crippen molar-refractivity contribution in [3.05, 3.63) is 55.7 Å². The predicted octanol–water partition coefficient (Wildman–Crippen LogP) is 3.54. The van der Waals surface area contributed by atoms with Gasteiger partial charge in [0.1, 0.15) is 0 Å². The molecule has 0 fully saturated rings. The van der Waals surface area contributed by atoms with E-state index in [2.05, 4.69) is 27.3 Å². The summed E-state index contributed by atoms with van der Waals surface area (Å²) in [6.45, 7) is 1.79.